The summed E-state index contributed by atoms with van der Waals surface area (Å²) in [5, 5.41) is 3.31. The average Bonchev–Trinajstić information content (AvgIpc) is 2.55. The minimum absolute atomic E-state index is 0.280. The summed E-state index contributed by atoms with van der Waals surface area (Å²) < 4.78 is 0. The number of hydrogen-bond acceptors (Lipinski definition) is 2. The summed E-state index contributed by atoms with van der Waals surface area (Å²) in [6.07, 6.45) is 6.28. The molecule has 0 spiro atoms. The molecule has 1 fully saturated rings. The minimum Gasteiger partial charge on any atom is -0.326 e. The van der Waals surface area contributed by atoms with E-state index < -0.39 is 0 Å². The second-order valence-electron chi connectivity index (χ2n) is 5.17. The average molecular weight is 226 g/mol. The van der Waals surface area contributed by atoms with Gasteiger partial charge in [-0.2, -0.15) is 0 Å². The maximum Gasteiger partial charge on any atom is 0.237 e. The van der Waals surface area contributed by atoms with Crippen LogP contribution in [0.2, 0.25) is 0 Å². The largest absolute Gasteiger partial charge is 0.326 e. The van der Waals surface area contributed by atoms with E-state index in [0.717, 1.165) is 19.4 Å². The molecule has 3 heteroatoms. The topological polar surface area (TPSA) is 32.3 Å². The van der Waals surface area contributed by atoms with Crippen LogP contribution in [0.25, 0.3) is 0 Å². The van der Waals surface area contributed by atoms with Crippen molar-refractivity contribution in [3.05, 3.63) is 0 Å². The highest BCUT2D eigenvalue weighted by atomic mass is 16.2. The van der Waals surface area contributed by atoms with Crippen molar-refractivity contribution in [2.24, 2.45) is 5.92 Å². The molecule has 1 atom stereocenters. The highest BCUT2D eigenvalue weighted by Gasteiger charge is 2.29. The van der Waals surface area contributed by atoms with Crippen LogP contribution in [0.15, 0.2) is 0 Å². The van der Waals surface area contributed by atoms with Gasteiger partial charge in [0.15, 0.2) is 0 Å². The first-order chi connectivity index (χ1) is 7.65. The monoisotopic (exact) mass is 226 g/mol. The van der Waals surface area contributed by atoms with Crippen LogP contribution in [0.4, 0.5) is 0 Å². The van der Waals surface area contributed by atoms with Crippen molar-refractivity contribution in [2.75, 3.05) is 13.1 Å². The fourth-order valence-corrected chi connectivity index (χ4v) is 2.24. The molecule has 1 aliphatic rings. The molecule has 3 nitrogen and oxygen atoms in total. The van der Waals surface area contributed by atoms with Crippen LogP contribution in [0.5, 0.6) is 0 Å². The third-order valence-electron chi connectivity index (χ3n) is 3.13. The van der Waals surface area contributed by atoms with Crippen LogP contribution in [-0.4, -0.2) is 30.1 Å². The molecule has 0 bridgehead atoms. The lowest BCUT2D eigenvalue weighted by atomic mass is 10.1. The van der Waals surface area contributed by atoms with Gasteiger partial charge in [0, 0.05) is 6.54 Å². The van der Waals surface area contributed by atoms with Crippen molar-refractivity contribution in [3.8, 4) is 0 Å². The van der Waals surface area contributed by atoms with E-state index in [1.165, 1.54) is 19.3 Å². The van der Waals surface area contributed by atoms with Gasteiger partial charge in [-0.3, -0.25) is 10.1 Å². The van der Waals surface area contributed by atoms with E-state index in [0.29, 0.717) is 12.5 Å². The SMILES string of the molecule is CCCCCCN1C(=O)CNC1CC(C)C. The first-order valence-electron chi connectivity index (χ1n) is 6.68. The third kappa shape index (κ3) is 4.12. The van der Waals surface area contributed by atoms with Crippen LogP contribution in [0.1, 0.15) is 52.9 Å². The first-order valence-corrected chi connectivity index (χ1v) is 6.68. The Morgan fingerprint density at radius 2 is 2.12 bits per heavy atom. The zero-order chi connectivity index (χ0) is 12.0. The van der Waals surface area contributed by atoms with E-state index in [1.54, 1.807) is 0 Å². The Labute approximate surface area is 99.6 Å². The molecule has 0 aromatic rings. The molecule has 0 radical (unpaired) electrons. The van der Waals surface area contributed by atoms with Gasteiger partial charge in [0.05, 0.1) is 12.7 Å². The van der Waals surface area contributed by atoms with Crippen LogP contribution in [-0.2, 0) is 4.79 Å². The molecule has 0 saturated carbocycles. The molecule has 1 unspecified atom stereocenters. The van der Waals surface area contributed by atoms with E-state index >= 15 is 0 Å². The summed E-state index contributed by atoms with van der Waals surface area (Å²) in [7, 11) is 0. The van der Waals surface area contributed by atoms with Crippen molar-refractivity contribution in [3.63, 3.8) is 0 Å². The first kappa shape index (κ1) is 13.5. The molecule has 16 heavy (non-hydrogen) atoms. The number of hydrogen-bond donors (Lipinski definition) is 1. The van der Waals surface area contributed by atoms with Crippen LogP contribution in [0.3, 0.4) is 0 Å². The van der Waals surface area contributed by atoms with Crippen LogP contribution >= 0.6 is 0 Å². The lowest BCUT2D eigenvalue weighted by Crippen LogP contribution is -2.38. The molecule has 1 amide bonds. The predicted molar refractivity (Wildman–Crippen MR) is 67.1 cm³/mol. The molecular weight excluding hydrogens is 200 g/mol. The summed E-state index contributed by atoms with van der Waals surface area (Å²) in [5.41, 5.74) is 0. The number of unbranched alkanes of at least 4 members (excludes halogenated alkanes) is 3. The van der Waals surface area contributed by atoms with Crippen molar-refractivity contribution in [2.45, 2.75) is 59.0 Å². The standard InChI is InChI=1S/C13H26N2O/c1-4-5-6-7-8-15-12(9-11(2)3)14-10-13(15)16/h11-12,14H,4-10H2,1-3H3. The minimum atomic E-state index is 0.280. The molecule has 1 heterocycles. The van der Waals surface area contributed by atoms with Crippen molar-refractivity contribution in [1.82, 2.24) is 10.2 Å². The highest BCUT2D eigenvalue weighted by Crippen LogP contribution is 2.15. The number of nitrogens with one attached hydrogen (secondary N) is 1. The summed E-state index contributed by atoms with van der Waals surface area (Å²) in [4.78, 5) is 13.7. The molecule has 1 rings (SSSR count). The van der Waals surface area contributed by atoms with E-state index in [2.05, 4.69) is 26.1 Å². The Bertz CT molecular complexity index is 216. The Balaban J connectivity index is 2.32. The zero-order valence-electron chi connectivity index (χ0n) is 11.0. The van der Waals surface area contributed by atoms with Crippen molar-refractivity contribution < 1.29 is 4.79 Å². The van der Waals surface area contributed by atoms with Gasteiger partial charge in [0.1, 0.15) is 0 Å². The summed E-state index contributed by atoms with van der Waals surface area (Å²) in [6, 6.07) is 0. The molecule has 1 aliphatic heterocycles. The van der Waals surface area contributed by atoms with Gasteiger partial charge in [0.25, 0.3) is 0 Å². The lowest BCUT2D eigenvalue weighted by Gasteiger charge is -2.25. The van der Waals surface area contributed by atoms with Gasteiger partial charge in [-0.1, -0.05) is 40.0 Å². The maximum absolute atomic E-state index is 11.7. The lowest BCUT2D eigenvalue weighted by molar-refractivity contribution is -0.128. The molecule has 0 aliphatic carbocycles. The number of rotatable bonds is 7. The van der Waals surface area contributed by atoms with E-state index in [1.807, 2.05) is 4.90 Å². The van der Waals surface area contributed by atoms with Gasteiger partial charge in [-0.05, 0) is 18.8 Å². The van der Waals surface area contributed by atoms with Crippen molar-refractivity contribution in [1.29, 1.82) is 0 Å². The van der Waals surface area contributed by atoms with Gasteiger partial charge in [-0.15, -0.1) is 0 Å². The molecule has 0 aromatic heterocycles. The van der Waals surface area contributed by atoms with Crippen LogP contribution in [0, 0.1) is 5.92 Å². The fraction of sp³-hybridized carbons (Fsp3) is 0.923. The molecular formula is C13H26N2O. The Kier molecular flexibility index (Phi) is 5.81. The Hall–Kier alpha value is -0.570. The summed E-state index contributed by atoms with van der Waals surface area (Å²) in [5.74, 6) is 0.920. The normalized spacial score (nSPS) is 21.1. The fourth-order valence-electron chi connectivity index (χ4n) is 2.24. The second-order valence-corrected chi connectivity index (χ2v) is 5.17. The van der Waals surface area contributed by atoms with E-state index in [-0.39, 0.29) is 12.1 Å². The van der Waals surface area contributed by atoms with Gasteiger partial charge in [0.2, 0.25) is 5.91 Å². The van der Waals surface area contributed by atoms with E-state index in [9.17, 15) is 4.79 Å². The highest BCUT2D eigenvalue weighted by molar-refractivity contribution is 5.80. The van der Waals surface area contributed by atoms with Gasteiger partial charge in [-0.25, -0.2) is 0 Å². The summed E-state index contributed by atoms with van der Waals surface area (Å²) >= 11 is 0. The molecule has 1 N–H and O–H groups in total. The van der Waals surface area contributed by atoms with Gasteiger partial charge >= 0.3 is 0 Å². The Morgan fingerprint density at radius 3 is 2.75 bits per heavy atom. The predicted octanol–water partition coefficient (Wildman–Crippen LogP) is 2.37. The summed E-state index contributed by atoms with van der Waals surface area (Å²) in [6.45, 7) is 8.10. The molecule has 1 saturated heterocycles. The second kappa shape index (κ2) is 6.89. The number of carbonyl (C=O) groups excluding carboxylic acids is 1. The number of amides is 1. The maximum atomic E-state index is 11.7. The van der Waals surface area contributed by atoms with Crippen LogP contribution < -0.4 is 5.32 Å². The molecule has 0 aromatic carbocycles. The van der Waals surface area contributed by atoms with E-state index in [4.69, 9.17) is 0 Å². The quantitative estimate of drug-likeness (QED) is 0.676. The van der Waals surface area contributed by atoms with Gasteiger partial charge < -0.3 is 4.90 Å². The number of carbonyl (C=O) groups is 1. The zero-order valence-corrected chi connectivity index (χ0v) is 11.0. The van der Waals surface area contributed by atoms with Crippen molar-refractivity contribution >= 4 is 5.91 Å². The smallest absolute Gasteiger partial charge is 0.237 e. The number of nitrogens with zero attached hydrogens (tertiary/aromatic N) is 1. The Morgan fingerprint density at radius 1 is 1.38 bits per heavy atom. The third-order valence-corrected chi connectivity index (χ3v) is 3.13. The molecule has 94 valence electrons.